The zero-order valence-electron chi connectivity index (χ0n) is 10.9. The molecular formula is C13H16NO5S-. The molecule has 0 radical (unpaired) electrons. The van der Waals surface area contributed by atoms with Crippen LogP contribution in [0.25, 0.3) is 0 Å². The molecule has 0 spiro atoms. The summed E-state index contributed by atoms with van der Waals surface area (Å²) < 4.78 is 30.2. The van der Waals surface area contributed by atoms with Crippen LogP contribution in [0, 0.1) is 0 Å². The molecule has 6 nitrogen and oxygen atoms in total. The third kappa shape index (κ3) is 4.59. The summed E-state index contributed by atoms with van der Waals surface area (Å²) >= 11 is -2.44. The van der Waals surface area contributed by atoms with Crippen LogP contribution in [0.15, 0.2) is 18.2 Å². The average Bonchev–Trinajstić information content (AvgIpc) is 2.42. The van der Waals surface area contributed by atoms with E-state index in [0.717, 1.165) is 17.7 Å². The molecule has 1 N–H and O–H groups in total. The Balaban J connectivity index is 1.75. The molecule has 7 heteroatoms. The first-order valence-electron chi connectivity index (χ1n) is 6.43. The van der Waals surface area contributed by atoms with Crippen molar-refractivity contribution >= 4 is 23.0 Å². The van der Waals surface area contributed by atoms with E-state index < -0.39 is 11.4 Å². The molecule has 0 fully saturated rings. The Morgan fingerprint density at radius 3 is 2.85 bits per heavy atom. The van der Waals surface area contributed by atoms with E-state index in [2.05, 4.69) is 9.50 Å². The number of carbonyl (C=O) groups is 1. The van der Waals surface area contributed by atoms with Gasteiger partial charge in [0.15, 0.2) is 0 Å². The number of ether oxygens (including phenoxy) is 1. The Bertz CT molecular complexity index is 506. The van der Waals surface area contributed by atoms with Gasteiger partial charge in [0.25, 0.3) is 0 Å². The molecule has 20 heavy (non-hydrogen) atoms. The van der Waals surface area contributed by atoms with E-state index in [1.165, 1.54) is 0 Å². The van der Waals surface area contributed by atoms with Crippen molar-refractivity contribution < 1.29 is 22.5 Å². The molecule has 0 saturated heterocycles. The Morgan fingerprint density at radius 1 is 1.25 bits per heavy atom. The first-order chi connectivity index (χ1) is 9.65. The lowest BCUT2D eigenvalue weighted by molar-refractivity contribution is -0.116. The van der Waals surface area contributed by atoms with E-state index in [0.29, 0.717) is 31.6 Å². The lowest BCUT2D eigenvalue weighted by Gasteiger charge is -2.17. The minimum Gasteiger partial charge on any atom is -0.750 e. The summed E-state index contributed by atoms with van der Waals surface area (Å²) in [5, 5.41) is 2.82. The highest BCUT2D eigenvalue weighted by molar-refractivity contribution is 7.74. The molecule has 1 atom stereocenters. The number of hydrogen-bond donors (Lipinski definition) is 1. The topological polar surface area (TPSA) is 87.7 Å². The number of rotatable bonds is 7. The first kappa shape index (κ1) is 15.0. The zero-order valence-corrected chi connectivity index (χ0v) is 11.7. The Hall–Kier alpha value is -1.44. The number of amides is 1. The van der Waals surface area contributed by atoms with E-state index in [1.54, 1.807) is 0 Å². The van der Waals surface area contributed by atoms with Crippen LogP contribution in [0.2, 0.25) is 0 Å². The van der Waals surface area contributed by atoms with Gasteiger partial charge in [-0.3, -0.25) is 4.79 Å². The molecule has 1 amide bonds. The number of carbonyl (C=O) groups excluding carboxylic acids is 1. The van der Waals surface area contributed by atoms with Crippen LogP contribution < -0.4 is 10.1 Å². The quantitative estimate of drug-likeness (QED) is 0.609. The highest BCUT2D eigenvalue weighted by Gasteiger charge is 2.14. The Morgan fingerprint density at radius 2 is 2.05 bits per heavy atom. The smallest absolute Gasteiger partial charge is 0.224 e. The summed E-state index contributed by atoms with van der Waals surface area (Å²) in [6, 6.07) is 5.64. The molecule has 0 aromatic heterocycles. The summed E-state index contributed by atoms with van der Waals surface area (Å²) in [5.41, 5.74) is 1.92. The molecular weight excluding hydrogens is 282 g/mol. The lowest BCUT2D eigenvalue weighted by Crippen LogP contribution is -2.18. The van der Waals surface area contributed by atoms with Crippen LogP contribution in [0.4, 0.5) is 5.69 Å². The molecule has 0 saturated carbocycles. The summed E-state index contributed by atoms with van der Waals surface area (Å²) in [4.78, 5) is 11.3. The zero-order chi connectivity index (χ0) is 14.4. The molecule has 1 unspecified atom stereocenters. The summed E-state index contributed by atoms with van der Waals surface area (Å²) in [5.74, 6) is 0.719. The van der Waals surface area contributed by atoms with Crippen molar-refractivity contribution in [3.63, 3.8) is 0 Å². The largest absolute Gasteiger partial charge is 0.750 e. The van der Waals surface area contributed by atoms with Crippen molar-refractivity contribution in [3.05, 3.63) is 23.8 Å². The van der Waals surface area contributed by atoms with Gasteiger partial charge in [0.1, 0.15) is 5.75 Å². The number of nitrogens with one attached hydrogen (secondary N) is 1. The van der Waals surface area contributed by atoms with Crippen LogP contribution in [0.3, 0.4) is 0 Å². The molecule has 1 aromatic carbocycles. The van der Waals surface area contributed by atoms with Crippen LogP contribution in [-0.2, 0) is 26.8 Å². The van der Waals surface area contributed by atoms with Crippen LogP contribution in [-0.4, -0.2) is 27.9 Å². The van der Waals surface area contributed by atoms with E-state index in [9.17, 15) is 13.6 Å². The van der Waals surface area contributed by atoms with Crippen LogP contribution in [0.1, 0.15) is 24.8 Å². The second-order valence-electron chi connectivity index (χ2n) is 4.45. The number of fused-ring (bicyclic) bond motifs is 1. The van der Waals surface area contributed by atoms with Crippen molar-refractivity contribution in [1.82, 2.24) is 0 Å². The summed E-state index contributed by atoms with van der Waals surface area (Å²) in [7, 11) is 0. The number of anilines is 1. The maximum atomic E-state index is 11.3. The van der Waals surface area contributed by atoms with Crippen molar-refractivity contribution in [2.24, 2.45) is 0 Å². The van der Waals surface area contributed by atoms with Crippen molar-refractivity contribution in [3.8, 4) is 5.75 Å². The third-order valence-electron chi connectivity index (χ3n) is 2.96. The second-order valence-corrected chi connectivity index (χ2v) is 5.09. The van der Waals surface area contributed by atoms with Gasteiger partial charge in [-0.1, -0.05) is 6.07 Å². The Kier molecular flexibility index (Phi) is 5.51. The number of hydrogen-bond acceptors (Lipinski definition) is 5. The molecule has 1 heterocycles. The number of aryl methyl sites for hydroxylation is 1. The highest BCUT2D eigenvalue weighted by atomic mass is 32.2. The molecule has 1 aliphatic rings. The van der Waals surface area contributed by atoms with Gasteiger partial charge in [-0.2, -0.15) is 0 Å². The molecule has 110 valence electrons. The van der Waals surface area contributed by atoms with Crippen molar-refractivity contribution in [2.45, 2.75) is 25.7 Å². The van der Waals surface area contributed by atoms with Gasteiger partial charge in [-0.15, -0.1) is 0 Å². The van der Waals surface area contributed by atoms with Gasteiger partial charge >= 0.3 is 0 Å². The minimum atomic E-state index is -2.44. The fourth-order valence-electron chi connectivity index (χ4n) is 1.96. The predicted octanol–water partition coefficient (Wildman–Crippen LogP) is 1.54. The monoisotopic (exact) mass is 298 g/mol. The third-order valence-corrected chi connectivity index (χ3v) is 3.32. The number of benzene rings is 1. The maximum Gasteiger partial charge on any atom is 0.224 e. The SMILES string of the molecule is O=C1CCc2ccc(OCCCCOS(=O)[O-])cc2N1. The van der Waals surface area contributed by atoms with Gasteiger partial charge in [0, 0.05) is 18.2 Å². The van der Waals surface area contributed by atoms with E-state index in [-0.39, 0.29) is 12.5 Å². The molecule has 1 aromatic rings. The van der Waals surface area contributed by atoms with Gasteiger partial charge in [0.05, 0.1) is 24.6 Å². The standard InChI is InChI=1S/C13H17NO5S/c15-13-6-4-10-3-5-11(9-12(10)14-13)18-7-1-2-8-19-20(16)17/h3,5,9H,1-2,4,6-8H2,(H,14,15)(H,16,17)/p-1. The average molecular weight is 298 g/mol. The minimum absolute atomic E-state index is 0.0254. The maximum absolute atomic E-state index is 11.3. The van der Waals surface area contributed by atoms with E-state index in [4.69, 9.17) is 4.74 Å². The fraction of sp³-hybridized carbons (Fsp3) is 0.462. The van der Waals surface area contributed by atoms with Crippen molar-refractivity contribution in [2.75, 3.05) is 18.5 Å². The van der Waals surface area contributed by atoms with E-state index >= 15 is 0 Å². The molecule has 0 bridgehead atoms. The van der Waals surface area contributed by atoms with Gasteiger partial charge < -0.3 is 18.8 Å². The van der Waals surface area contributed by atoms with Gasteiger partial charge in [-0.05, 0) is 30.9 Å². The first-order valence-corrected chi connectivity index (χ1v) is 7.43. The summed E-state index contributed by atoms with van der Waals surface area (Å²) in [6.07, 6.45) is 2.58. The summed E-state index contributed by atoms with van der Waals surface area (Å²) in [6.45, 7) is 0.640. The normalized spacial score (nSPS) is 15.3. The van der Waals surface area contributed by atoms with E-state index in [1.807, 2.05) is 18.2 Å². The van der Waals surface area contributed by atoms with Crippen molar-refractivity contribution in [1.29, 1.82) is 0 Å². The molecule has 0 aliphatic carbocycles. The number of unbranched alkanes of at least 4 members (excludes halogenated alkanes) is 1. The predicted molar refractivity (Wildman–Crippen MR) is 73.0 cm³/mol. The van der Waals surface area contributed by atoms with Gasteiger partial charge in [-0.25, -0.2) is 4.21 Å². The fourth-order valence-corrected chi connectivity index (χ4v) is 2.22. The lowest BCUT2D eigenvalue weighted by atomic mass is 10.0. The van der Waals surface area contributed by atoms with Crippen LogP contribution >= 0.6 is 0 Å². The van der Waals surface area contributed by atoms with Crippen LogP contribution in [0.5, 0.6) is 5.75 Å². The molecule has 1 aliphatic heterocycles. The Labute approximate surface area is 120 Å². The second kappa shape index (κ2) is 7.37. The molecule has 2 rings (SSSR count). The van der Waals surface area contributed by atoms with Gasteiger partial charge in [0.2, 0.25) is 5.91 Å². The highest BCUT2D eigenvalue weighted by Crippen LogP contribution is 2.27.